The number of nitrogens with zero attached hydrogens (tertiary/aromatic N) is 1. The van der Waals surface area contributed by atoms with Gasteiger partial charge in [0.25, 0.3) is 0 Å². The van der Waals surface area contributed by atoms with E-state index in [4.69, 9.17) is 10.5 Å². The molecule has 0 spiro atoms. The molecule has 2 N–H and O–H groups in total. The molecule has 0 aliphatic rings. The first kappa shape index (κ1) is 10.6. The van der Waals surface area contributed by atoms with Gasteiger partial charge in [-0.1, -0.05) is 13.8 Å². The Morgan fingerprint density at radius 1 is 1.29 bits per heavy atom. The van der Waals surface area contributed by atoms with Crippen molar-refractivity contribution in [3.8, 4) is 5.75 Å². The van der Waals surface area contributed by atoms with Gasteiger partial charge >= 0.3 is 0 Å². The van der Waals surface area contributed by atoms with Crippen LogP contribution in [0.3, 0.4) is 0 Å². The molecule has 0 fully saturated rings. The van der Waals surface area contributed by atoms with Crippen LogP contribution in [0.1, 0.15) is 13.8 Å². The average Bonchev–Trinajstić information content (AvgIpc) is 2.19. The highest BCUT2D eigenvalue weighted by atomic mass is 16.5. The van der Waals surface area contributed by atoms with Crippen molar-refractivity contribution in [1.82, 2.24) is 0 Å². The summed E-state index contributed by atoms with van der Waals surface area (Å²) >= 11 is 0. The van der Waals surface area contributed by atoms with E-state index < -0.39 is 0 Å². The van der Waals surface area contributed by atoms with Crippen molar-refractivity contribution in [2.75, 3.05) is 7.11 Å². The minimum Gasteiger partial charge on any atom is -0.497 e. The van der Waals surface area contributed by atoms with Gasteiger partial charge in [0.05, 0.1) is 12.8 Å². The molecular weight excluding hydrogens is 176 g/mol. The van der Waals surface area contributed by atoms with Gasteiger partial charge in [0, 0.05) is 5.92 Å². The van der Waals surface area contributed by atoms with Gasteiger partial charge in [0.2, 0.25) is 0 Å². The van der Waals surface area contributed by atoms with Crippen molar-refractivity contribution in [3.05, 3.63) is 24.3 Å². The Balaban J connectivity index is 2.83. The van der Waals surface area contributed by atoms with Crippen molar-refractivity contribution >= 4 is 11.5 Å². The summed E-state index contributed by atoms with van der Waals surface area (Å²) in [5, 5.41) is 0. The van der Waals surface area contributed by atoms with Crippen LogP contribution in [0, 0.1) is 5.92 Å². The summed E-state index contributed by atoms with van der Waals surface area (Å²) in [6, 6.07) is 7.50. The van der Waals surface area contributed by atoms with E-state index in [1.807, 2.05) is 38.1 Å². The lowest BCUT2D eigenvalue weighted by Gasteiger charge is -2.04. The molecule has 0 heterocycles. The Hall–Kier alpha value is -1.51. The normalized spacial score (nSPS) is 11.9. The standard InChI is InChI=1S/C11H16N2O/c1-8(2)11(12)13-9-4-6-10(14-3)7-5-9/h4-8H,1-3H3,(H2,12,13). The second-order valence-corrected chi connectivity index (χ2v) is 3.39. The van der Waals surface area contributed by atoms with Gasteiger partial charge in [0.1, 0.15) is 11.6 Å². The molecule has 0 aromatic heterocycles. The molecule has 0 unspecified atom stereocenters. The fourth-order valence-corrected chi connectivity index (χ4v) is 0.935. The molecule has 1 aromatic rings. The van der Waals surface area contributed by atoms with Crippen LogP contribution >= 0.6 is 0 Å². The molecule has 0 radical (unpaired) electrons. The van der Waals surface area contributed by atoms with Crippen LogP contribution in [0.2, 0.25) is 0 Å². The van der Waals surface area contributed by atoms with Crippen molar-refractivity contribution in [1.29, 1.82) is 0 Å². The number of aliphatic imine (C=N–C) groups is 1. The van der Waals surface area contributed by atoms with Gasteiger partial charge in [-0.2, -0.15) is 0 Å². The Morgan fingerprint density at radius 2 is 1.86 bits per heavy atom. The summed E-state index contributed by atoms with van der Waals surface area (Å²) in [5.74, 6) is 1.75. The lowest BCUT2D eigenvalue weighted by Crippen LogP contribution is -2.17. The molecule has 1 aromatic carbocycles. The van der Waals surface area contributed by atoms with Crippen molar-refractivity contribution in [2.24, 2.45) is 16.6 Å². The molecular formula is C11H16N2O. The molecule has 1 rings (SSSR count). The van der Waals surface area contributed by atoms with Crippen LogP contribution < -0.4 is 10.5 Å². The van der Waals surface area contributed by atoms with E-state index in [2.05, 4.69) is 4.99 Å². The van der Waals surface area contributed by atoms with E-state index >= 15 is 0 Å². The summed E-state index contributed by atoms with van der Waals surface area (Å²) in [6.45, 7) is 4.03. The maximum absolute atomic E-state index is 5.74. The number of ether oxygens (including phenoxy) is 1. The third-order valence-electron chi connectivity index (χ3n) is 1.92. The third-order valence-corrected chi connectivity index (χ3v) is 1.92. The Labute approximate surface area is 84.6 Å². The first-order valence-corrected chi connectivity index (χ1v) is 4.61. The van der Waals surface area contributed by atoms with Gasteiger partial charge in [-0.3, -0.25) is 0 Å². The van der Waals surface area contributed by atoms with Gasteiger partial charge in [-0.05, 0) is 24.3 Å². The Bertz CT molecular complexity index is 315. The van der Waals surface area contributed by atoms with Gasteiger partial charge in [0.15, 0.2) is 0 Å². The zero-order valence-corrected chi connectivity index (χ0v) is 8.82. The number of benzene rings is 1. The molecule has 3 heteroatoms. The smallest absolute Gasteiger partial charge is 0.119 e. The van der Waals surface area contributed by atoms with E-state index in [0.29, 0.717) is 5.84 Å². The van der Waals surface area contributed by atoms with Crippen LogP contribution in [-0.4, -0.2) is 12.9 Å². The number of nitrogens with two attached hydrogens (primary N) is 1. The van der Waals surface area contributed by atoms with Crippen LogP contribution in [-0.2, 0) is 0 Å². The minimum atomic E-state index is 0.275. The van der Waals surface area contributed by atoms with Crippen molar-refractivity contribution in [3.63, 3.8) is 0 Å². The van der Waals surface area contributed by atoms with Crippen LogP contribution in [0.5, 0.6) is 5.75 Å². The zero-order chi connectivity index (χ0) is 10.6. The van der Waals surface area contributed by atoms with Crippen molar-refractivity contribution in [2.45, 2.75) is 13.8 Å². The van der Waals surface area contributed by atoms with E-state index in [9.17, 15) is 0 Å². The monoisotopic (exact) mass is 192 g/mol. The van der Waals surface area contributed by atoms with Gasteiger partial charge < -0.3 is 10.5 Å². The highest BCUT2D eigenvalue weighted by Crippen LogP contribution is 2.17. The lowest BCUT2D eigenvalue weighted by molar-refractivity contribution is 0.415. The van der Waals surface area contributed by atoms with E-state index in [1.165, 1.54) is 0 Å². The van der Waals surface area contributed by atoms with Crippen molar-refractivity contribution < 1.29 is 4.74 Å². The quantitative estimate of drug-likeness (QED) is 0.590. The summed E-state index contributed by atoms with van der Waals surface area (Å²) in [5.41, 5.74) is 6.60. The number of hydrogen-bond donors (Lipinski definition) is 1. The molecule has 3 nitrogen and oxygen atoms in total. The largest absolute Gasteiger partial charge is 0.497 e. The predicted octanol–water partition coefficient (Wildman–Crippen LogP) is 2.34. The molecule has 0 aliphatic carbocycles. The fraction of sp³-hybridized carbons (Fsp3) is 0.364. The molecule has 76 valence electrons. The summed E-state index contributed by atoms with van der Waals surface area (Å²) in [7, 11) is 1.64. The van der Waals surface area contributed by atoms with E-state index in [1.54, 1.807) is 7.11 Å². The maximum atomic E-state index is 5.74. The van der Waals surface area contributed by atoms with Crippen LogP contribution in [0.4, 0.5) is 5.69 Å². The van der Waals surface area contributed by atoms with Crippen LogP contribution in [0.15, 0.2) is 29.3 Å². The first-order chi connectivity index (χ1) is 6.63. The van der Waals surface area contributed by atoms with E-state index in [0.717, 1.165) is 11.4 Å². The molecule has 0 saturated heterocycles. The maximum Gasteiger partial charge on any atom is 0.119 e. The number of methoxy groups -OCH3 is 1. The minimum absolute atomic E-state index is 0.275. The molecule has 0 atom stereocenters. The predicted molar refractivity (Wildman–Crippen MR) is 59.1 cm³/mol. The number of amidine groups is 1. The van der Waals surface area contributed by atoms with Gasteiger partial charge in [-0.15, -0.1) is 0 Å². The number of hydrogen-bond acceptors (Lipinski definition) is 2. The highest BCUT2D eigenvalue weighted by molar-refractivity contribution is 5.84. The Morgan fingerprint density at radius 3 is 2.29 bits per heavy atom. The molecule has 0 saturated carbocycles. The fourth-order valence-electron chi connectivity index (χ4n) is 0.935. The van der Waals surface area contributed by atoms with Gasteiger partial charge in [-0.25, -0.2) is 4.99 Å². The molecule has 0 amide bonds. The van der Waals surface area contributed by atoms with E-state index in [-0.39, 0.29) is 5.92 Å². The number of rotatable bonds is 3. The second kappa shape index (κ2) is 4.65. The molecule has 14 heavy (non-hydrogen) atoms. The Kier molecular flexibility index (Phi) is 3.51. The summed E-state index contributed by atoms with van der Waals surface area (Å²) in [4.78, 5) is 4.27. The molecule has 0 bridgehead atoms. The third kappa shape index (κ3) is 2.76. The second-order valence-electron chi connectivity index (χ2n) is 3.39. The lowest BCUT2D eigenvalue weighted by atomic mass is 10.2. The SMILES string of the molecule is COc1ccc(N=C(N)C(C)C)cc1. The highest BCUT2D eigenvalue weighted by Gasteiger charge is 1.99. The van der Waals surface area contributed by atoms with Crippen LogP contribution in [0.25, 0.3) is 0 Å². The summed E-state index contributed by atoms with van der Waals surface area (Å²) < 4.78 is 5.04. The zero-order valence-electron chi connectivity index (χ0n) is 8.82. The topological polar surface area (TPSA) is 47.6 Å². The first-order valence-electron chi connectivity index (χ1n) is 4.61. The molecule has 0 aliphatic heterocycles. The summed E-state index contributed by atoms with van der Waals surface area (Å²) in [6.07, 6.45) is 0. The average molecular weight is 192 g/mol.